The molecule has 0 unspecified atom stereocenters. The molecular formula is C19H25ClF3NO6. The molecule has 0 aliphatic carbocycles. The molecule has 1 saturated heterocycles. The highest BCUT2D eigenvalue weighted by Crippen LogP contribution is 2.25. The number of halogens is 4. The van der Waals surface area contributed by atoms with Gasteiger partial charge in [0.1, 0.15) is 0 Å². The average molecular weight is 456 g/mol. The molecule has 11 heteroatoms. The number of carboxylic acids is 2. The number of aliphatic carboxylic acids is 2. The molecule has 0 saturated carbocycles. The molecule has 1 aliphatic heterocycles. The summed E-state index contributed by atoms with van der Waals surface area (Å²) in [6.45, 7) is 2.58. The lowest BCUT2D eigenvalue weighted by molar-refractivity contribution is -0.192. The Bertz CT molecular complexity index is 686. The first kappa shape index (κ1) is 26.2. The number of benzene rings is 1. The van der Waals surface area contributed by atoms with Crippen LogP contribution in [0.1, 0.15) is 18.9 Å². The van der Waals surface area contributed by atoms with Gasteiger partial charge in [0.15, 0.2) is 0 Å². The molecular weight excluding hydrogens is 431 g/mol. The summed E-state index contributed by atoms with van der Waals surface area (Å²) >= 11 is 5.90. The molecule has 0 spiro atoms. The number of alkyl halides is 3. The Kier molecular flexibility index (Phi) is 10.5. The van der Waals surface area contributed by atoms with Gasteiger partial charge in [-0.3, -0.25) is 10.1 Å². The predicted octanol–water partition coefficient (Wildman–Crippen LogP) is 3.00. The maximum absolute atomic E-state index is 10.9. The Labute approximate surface area is 177 Å². The molecule has 0 radical (unpaired) electrons. The fraction of sp³-hybridized carbons (Fsp3) is 0.579. The van der Waals surface area contributed by atoms with Crippen LogP contribution in [-0.2, 0) is 25.5 Å². The zero-order valence-electron chi connectivity index (χ0n) is 16.5. The van der Waals surface area contributed by atoms with Crippen molar-refractivity contribution >= 4 is 23.5 Å². The van der Waals surface area contributed by atoms with E-state index in [9.17, 15) is 18.0 Å². The van der Waals surface area contributed by atoms with Crippen LogP contribution in [0.2, 0.25) is 5.02 Å². The molecule has 170 valence electrons. The number of nitrogens with one attached hydrogen (secondary N) is 1. The van der Waals surface area contributed by atoms with Crippen LogP contribution >= 0.6 is 11.6 Å². The molecule has 1 aliphatic rings. The van der Waals surface area contributed by atoms with Crippen LogP contribution < -0.4 is 5.32 Å². The van der Waals surface area contributed by atoms with Crippen molar-refractivity contribution in [3.8, 4) is 0 Å². The third-order valence-electron chi connectivity index (χ3n) is 4.52. The SMILES string of the molecule is CO[C@@H]1[C@H](NCC(=O)O)[C@H](CCc2ccc(Cl)cc2)OC[C@@H]1C.O=C(O)C(F)(F)F. The molecule has 7 nitrogen and oxygen atoms in total. The molecule has 4 atom stereocenters. The van der Waals surface area contributed by atoms with Gasteiger partial charge in [-0.05, 0) is 30.5 Å². The first-order chi connectivity index (χ1) is 14.0. The van der Waals surface area contributed by atoms with E-state index < -0.39 is 18.1 Å². The lowest BCUT2D eigenvalue weighted by Gasteiger charge is -2.41. The van der Waals surface area contributed by atoms with Crippen LogP contribution in [0.15, 0.2) is 24.3 Å². The summed E-state index contributed by atoms with van der Waals surface area (Å²) in [6.07, 6.45) is -3.58. The number of carbonyl (C=O) groups is 2. The zero-order valence-corrected chi connectivity index (χ0v) is 17.2. The quantitative estimate of drug-likeness (QED) is 0.580. The second-order valence-electron chi connectivity index (χ2n) is 6.82. The molecule has 1 aromatic rings. The van der Waals surface area contributed by atoms with Gasteiger partial charge in [-0.25, -0.2) is 4.79 Å². The highest BCUT2D eigenvalue weighted by molar-refractivity contribution is 6.30. The Balaban J connectivity index is 0.000000553. The van der Waals surface area contributed by atoms with Gasteiger partial charge in [0.25, 0.3) is 0 Å². The average Bonchev–Trinajstić information content (AvgIpc) is 2.66. The van der Waals surface area contributed by atoms with Gasteiger partial charge in [-0.15, -0.1) is 0 Å². The summed E-state index contributed by atoms with van der Waals surface area (Å²) in [4.78, 5) is 19.8. The minimum absolute atomic E-state index is 0.0571. The smallest absolute Gasteiger partial charge is 0.480 e. The van der Waals surface area contributed by atoms with Crippen LogP contribution in [0.3, 0.4) is 0 Å². The van der Waals surface area contributed by atoms with Crippen molar-refractivity contribution in [2.24, 2.45) is 5.92 Å². The van der Waals surface area contributed by atoms with E-state index in [1.165, 1.54) is 5.56 Å². The number of ether oxygens (including phenoxy) is 2. The summed E-state index contributed by atoms with van der Waals surface area (Å²) in [5, 5.41) is 19.9. The molecule has 1 fully saturated rings. The predicted molar refractivity (Wildman–Crippen MR) is 103 cm³/mol. The third-order valence-corrected chi connectivity index (χ3v) is 4.77. The van der Waals surface area contributed by atoms with E-state index in [0.717, 1.165) is 17.9 Å². The number of aryl methyl sites for hydroxylation is 1. The summed E-state index contributed by atoms with van der Waals surface area (Å²) in [7, 11) is 1.66. The normalized spacial score (nSPS) is 23.9. The van der Waals surface area contributed by atoms with Crippen LogP contribution in [-0.4, -0.2) is 66.8 Å². The van der Waals surface area contributed by atoms with Crippen molar-refractivity contribution in [3.63, 3.8) is 0 Å². The van der Waals surface area contributed by atoms with E-state index in [4.69, 9.17) is 36.1 Å². The van der Waals surface area contributed by atoms with Gasteiger partial charge in [-0.1, -0.05) is 30.7 Å². The number of rotatable bonds is 7. The van der Waals surface area contributed by atoms with Crippen molar-refractivity contribution in [1.29, 1.82) is 0 Å². The minimum Gasteiger partial charge on any atom is -0.480 e. The van der Waals surface area contributed by atoms with Crippen molar-refractivity contribution in [1.82, 2.24) is 5.32 Å². The van der Waals surface area contributed by atoms with Crippen LogP contribution in [0.25, 0.3) is 0 Å². The van der Waals surface area contributed by atoms with E-state index >= 15 is 0 Å². The third kappa shape index (κ3) is 8.86. The summed E-state index contributed by atoms with van der Waals surface area (Å²) < 4.78 is 43.3. The maximum Gasteiger partial charge on any atom is 0.490 e. The van der Waals surface area contributed by atoms with Crippen LogP contribution in [0.4, 0.5) is 13.2 Å². The number of hydrogen-bond donors (Lipinski definition) is 3. The molecule has 2 rings (SSSR count). The Hall–Kier alpha value is -1.88. The standard InChI is InChI=1S/C17H24ClNO4.C2HF3O2/c1-11-10-23-14(8-5-12-3-6-13(18)7-4-12)16(17(11)22-2)19-9-15(20)21;3-2(4,5)1(6)7/h3-4,6-7,11,14,16-17,19H,5,8-10H2,1-2H3,(H,20,21);(H,6,7)/t11-,14-,16+,17-;/m0./s1. The molecule has 0 bridgehead atoms. The first-order valence-corrected chi connectivity index (χ1v) is 9.47. The fourth-order valence-electron chi connectivity index (χ4n) is 3.09. The molecule has 1 heterocycles. The van der Waals surface area contributed by atoms with Crippen LogP contribution in [0.5, 0.6) is 0 Å². The lowest BCUT2D eigenvalue weighted by Crippen LogP contribution is -2.58. The largest absolute Gasteiger partial charge is 0.490 e. The van der Waals surface area contributed by atoms with E-state index in [0.29, 0.717) is 6.61 Å². The minimum atomic E-state index is -5.08. The molecule has 0 aromatic heterocycles. The van der Waals surface area contributed by atoms with Crippen molar-refractivity contribution in [3.05, 3.63) is 34.9 Å². The molecule has 30 heavy (non-hydrogen) atoms. The van der Waals surface area contributed by atoms with E-state index in [-0.39, 0.29) is 30.7 Å². The molecule has 0 amide bonds. The van der Waals surface area contributed by atoms with Crippen LogP contribution in [0, 0.1) is 5.92 Å². The van der Waals surface area contributed by atoms with E-state index in [2.05, 4.69) is 12.2 Å². The number of hydrogen-bond acceptors (Lipinski definition) is 5. The zero-order chi connectivity index (χ0) is 22.9. The number of methoxy groups -OCH3 is 1. The second kappa shape index (κ2) is 12.1. The van der Waals surface area contributed by atoms with Gasteiger partial charge >= 0.3 is 18.1 Å². The van der Waals surface area contributed by atoms with Gasteiger partial charge in [0, 0.05) is 18.1 Å². The van der Waals surface area contributed by atoms with Gasteiger partial charge < -0.3 is 19.7 Å². The summed E-state index contributed by atoms with van der Waals surface area (Å²) in [5.41, 5.74) is 1.18. The Morgan fingerprint density at radius 3 is 2.30 bits per heavy atom. The number of carboxylic acid groups (broad SMARTS) is 2. The maximum atomic E-state index is 10.9. The highest BCUT2D eigenvalue weighted by Gasteiger charge is 2.39. The van der Waals surface area contributed by atoms with Crippen molar-refractivity contribution < 1.29 is 42.4 Å². The van der Waals surface area contributed by atoms with E-state index in [1.54, 1.807) is 7.11 Å². The Morgan fingerprint density at radius 2 is 1.83 bits per heavy atom. The van der Waals surface area contributed by atoms with Gasteiger partial charge in [0.2, 0.25) is 0 Å². The highest BCUT2D eigenvalue weighted by atomic mass is 35.5. The second-order valence-corrected chi connectivity index (χ2v) is 7.25. The van der Waals surface area contributed by atoms with Gasteiger partial charge in [-0.2, -0.15) is 13.2 Å². The summed E-state index contributed by atoms with van der Waals surface area (Å²) in [6, 6.07) is 7.62. The molecule has 1 aromatic carbocycles. The van der Waals surface area contributed by atoms with Crippen molar-refractivity contribution in [2.45, 2.75) is 44.2 Å². The molecule has 3 N–H and O–H groups in total. The monoisotopic (exact) mass is 455 g/mol. The van der Waals surface area contributed by atoms with Crippen molar-refractivity contribution in [2.75, 3.05) is 20.3 Å². The first-order valence-electron chi connectivity index (χ1n) is 9.09. The Morgan fingerprint density at radius 1 is 1.27 bits per heavy atom. The topological polar surface area (TPSA) is 105 Å². The van der Waals surface area contributed by atoms with Gasteiger partial charge in [0.05, 0.1) is 31.4 Å². The van der Waals surface area contributed by atoms with E-state index in [1.807, 2.05) is 24.3 Å². The lowest BCUT2D eigenvalue weighted by atomic mass is 9.88. The fourth-order valence-corrected chi connectivity index (χ4v) is 3.22. The summed E-state index contributed by atoms with van der Waals surface area (Å²) in [5.74, 6) is -3.42.